The lowest BCUT2D eigenvalue weighted by Gasteiger charge is -2.22. The van der Waals surface area contributed by atoms with Crippen LogP contribution in [0.4, 0.5) is 19.0 Å². The number of carbonyl (C=O) groups is 2. The molecule has 2 heterocycles. The van der Waals surface area contributed by atoms with Gasteiger partial charge in [0.15, 0.2) is 0 Å². The van der Waals surface area contributed by atoms with Gasteiger partial charge in [-0.25, -0.2) is 9.99 Å². The molecule has 0 bridgehead atoms. The number of hydrogen-bond donors (Lipinski definition) is 2. The predicted molar refractivity (Wildman–Crippen MR) is 140 cm³/mol. The SMILES string of the molecule is C=O.CN(Cc1ccc(C(F)(F)F)nc1)Nc1nccc(-c2ccc(Cl)cc2)c1-c1ccc(C(N)=O)cc1. The Morgan fingerprint density at radius 3 is 2.16 bits per heavy atom. The molecular weight excluding hydrogens is 519 g/mol. The summed E-state index contributed by atoms with van der Waals surface area (Å²) in [5.41, 5.74) is 11.9. The number of carbonyl (C=O) groups excluding carboxylic acids is 2. The number of pyridine rings is 2. The standard InChI is InChI=1S/C26H21ClF3N5O.CH2O/c1-35(15-16-2-11-22(33-14-16)26(28,29)30)34-25-23(18-3-5-19(6-4-18)24(31)36)21(12-13-32-25)17-7-9-20(27)10-8-17;1-2/h2-14H,15H2,1H3,(H2,31,36)(H,32,34);1H2. The van der Waals surface area contributed by atoms with Gasteiger partial charge in [0.2, 0.25) is 5.91 Å². The van der Waals surface area contributed by atoms with Crippen molar-refractivity contribution in [2.24, 2.45) is 5.73 Å². The summed E-state index contributed by atoms with van der Waals surface area (Å²) in [4.78, 5) is 27.6. The highest BCUT2D eigenvalue weighted by Crippen LogP contribution is 2.37. The molecule has 2 aromatic carbocycles. The van der Waals surface area contributed by atoms with Crippen LogP contribution in [0, 0.1) is 0 Å². The number of anilines is 1. The van der Waals surface area contributed by atoms with Gasteiger partial charge < -0.3 is 16.0 Å². The molecule has 7 nitrogen and oxygen atoms in total. The Balaban J connectivity index is 0.00000195. The number of rotatable bonds is 7. The van der Waals surface area contributed by atoms with Crippen molar-refractivity contribution >= 4 is 30.1 Å². The largest absolute Gasteiger partial charge is 0.433 e. The second-order valence-electron chi connectivity index (χ2n) is 8.05. The van der Waals surface area contributed by atoms with Gasteiger partial charge in [-0.05, 0) is 58.7 Å². The fraction of sp³-hybridized carbons (Fsp3) is 0.111. The third-order valence-corrected chi connectivity index (χ3v) is 5.65. The topological polar surface area (TPSA) is 101 Å². The van der Waals surface area contributed by atoms with E-state index in [1.807, 2.05) is 25.0 Å². The zero-order valence-electron chi connectivity index (χ0n) is 20.2. The summed E-state index contributed by atoms with van der Waals surface area (Å²) in [6.07, 6.45) is -1.64. The maximum absolute atomic E-state index is 12.8. The second-order valence-corrected chi connectivity index (χ2v) is 8.48. The van der Waals surface area contributed by atoms with Crippen molar-refractivity contribution in [3.05, 3.63) is 101 Å². The Bertz CT molecular complexity index is 1380. The smallest absolute Gasteiger partial charge is 0.366 e. The van der Waals surface area contributed by atoms with Gasteiger partial charge in [0.1, 0.15) is 18.3 Å². The molecule has 38 heavy (non-hydrogen) atoms. The van der Waals surface area contributed by atoms with Crippen molar-refractivity contribution in [3.63, 3.8) is 0 Å². The van der Waals surface area contributed by atoms with Crippen LogP contribution < -0.4 is 11.2 Å². The van der Waals surface area contributed by atoms with Crippen molar-refractivity contribution in [3.8, 4) is 22.3 Å². The van der Waals surface area contributed by atoms with E-state index in [1.165, 1.54) is 12.3 Å². The van der Waals surface area contributed by atoms with Crippen LogP contribution in [0.25, 0.3) is 22.3 Å². The molecule has 4 aromatic rings. The predicted octanol–water partition coefficient (Wildman–Crippen LogP) is 5.86. The van der Waals surface area contributed by atoms with E-state index < -0.39 is 17.8 Å². The Morgan fingerprint density at radius 2 is 1.61 bits per heavy atom. The van der Waals surface area contributed by atoms with Crippen molar-refractivity contribution in [1.82, 2.24) is 15.0 Å². The van der Waals surface area contributed by atoms with E-state index in [9.17, 15) is 18.0 Å². The van der Waals surface area contributed by atoms with Gasteiger partial charge in [0.25, 0.3) is 0 Å². The lowest BCUT2D eigenvalue weighted by atomic mass is 9.95. The normalized spacial score (nSPS) is 11.0. The van der Waals surface area contributed by atoms with Crippen LogP contribution in [0.15, 0.2) is 79.1 Å². The first-order chi connectivity index (χ1) is 18.1. The summed E-state index contributed by atoms with van der Waals surface area (Å²) < 4.78 is 38.5. The van der Waals surface area contributed by atoms with Gasteiger partial charge in [0.05, 0.1) is 0 Å². The Labute approximate surface area is 222 Å². The van der Waals surface area contributed by atoms with Gasteiger partial charge in [-0.2, -0.15) is 13.2 Å². The molecular formula is C27H23ClF3N5O2. The summed E-state index contributed by atoms with van der Waals surface area (Å²) in [6, 6.07) is 18.4. The molecule has 0 aliphatic carbocycles. The molecule has 0 aliphatic heterocycles. The lowest BCUT2D eigenvalue weighted by molar-refractivity contribution is -0.141. The number of aromatic nitrogens is 2. The number of amides is 1. The fourth-order valence-corrected chi connectivity index (χ4v) is 3.82. The zero-order chi connectivity index (χ0) is 27.9. The van der Waals surface area contributed by atoms with E-state index in [0.29, 0.717) is 22.0 Å². The maximum Gasteiger partial charge on any atom is 0.433 e. The Morgan fingerprint density at radius 1 is 0.974 bits per heavy atom. The number of hydrogen-bond acceptors (Lipinski definition) is 6. The van der Waals surface area contributed by atoms with E-state index >= 15 is 0 Å². The summed E-state index contributed by atoms with van der Waals surface area (Å²) in [7, 11) is 1.74. The average molecular weight is 542 g/mol. The van der Waals surface area contributed by atoms with Crippen LogP contribution in [0.5, 0.6) is 0 Å². The van der Waals surface area contributed by atoms with Crippen molar-refractivity contribution in [2.45, 2.75) is 12.7 Å². The molecule has 0 aliphatic rings. The van der Waals surface area contributed by atoms with Crippen molar-refractivity contribution < 1.29 is 22.8 Å². The number of primary amides is 1. The van der Waals surface area contributed by atoms with Gasteiger partial charge in [0, 0.05) is 42.1 Å². The van der Waals surface area contributed by atoms with E-state index in [-0.39, 0.29) is 6.54 Å². The molecule has 0 unspecified atom stereocenters. The highest BCUT2D eigenvalue weighted by molar-refractivity contribution is 6.30. The molecule has 0 radical (unpaired) electrons. The molecule has 11 heteroatoms. The van der Waals surface area contributed by atoms with Gasteiger partial charge in [-0.3, -0.25) is 9.78 Å². The first-order valence-corrected chi connectivity index (χ1v) is 11.4. The summed E-state index contributed by atoms with van der Waals surface area (Å²) in [6.45, 7) is 2.26. The second kappa shape index (κ2) is 12.3. The van der Waals surface area contributed by atoms with Crippen LogP contribution in [-0.2, 0) is 17.5 Å². The van der Waals surface area contributed by atoms with Crippen LogP contribution >= 0.6 is 11.6 Å². The highest BCUT2D eigenvalue weighted by atomic mass is 35.5. The number of hydrazine groups is 1. The third kappa shape index (κ3) is 6.93. The first-order valence-electron chi connectivity index (χ1n) is 11.1. The summed E-state index contributed by atoms with van der Waals surface area (Å²) in [5, 5.41) is 2.29. The molecule has 4 rings (SSSR count). The number of nitrogens with one attached hydrogen (secondary N) is 1. The molecule has 3 N–H and O–H groups in total. The maximum atomic E-state index is 12.8. The number of nitrogens with two attached hydrogens (primary N) is 1. The summed E-state index contributed by atoms with van der Waals surface area (Å²) >= 11 is 6.07. The number of benzene rings is 2. The van der Waals surface area contributed by atoms with Crippen molar-refractivity contribution in [1.29, 1.82) is 0 Å². The number of nitrogens with zero attached hydrogens (tertiary/aromatic N) is 3. The number of halogens is 4. The lowest BCUT2D eigenvalue weighted by Crippen LogP contribution is -2.26. The average Bonchev–Trinajstić information content (AvgIpc) is 2.90. The van der Waals surface area contributed by atoms with Crippen LogP contribution in [0.3, 0.4) is 0 Å². The van der Waals surface area contributed by atoms with Crippen LogP contribution in [0.2, 0.25) is 5.02 Å². The van der Waals surface area contributed by atoms with Crippen LogP contribution in [-0.4, -0.2) is 34.7 Å². The molecule has 0 spiro atoms. The van der Waals surface area contributed by atoms with Gasteiger partial charge in [-0.1, -0.05) is 41.9 Å². The quantitative estimate of drug-likeness (QED) is 0.284. The third-order valence-electron chi connectivity index (χ3n) is 5.40. The molecule has 0 saturated heterocycles. The molecule has 0 fully saturated rings. The van der Waals surface area contributed by atoms with Gasteiger partial charge >= 0.3 is 6.18 Å². The fourth-order valence-electron chi connectivity index (χ4n) is 3.69. The molecule has 1 amide bonds. The van der Waals surface area contributed by atoms with E-state index in [2.05, 4.69) is 15.4 Å². The minimum absolute atomic E-state index is 0.262. The minimum Gasteiger partial charge on any atom is -0.366 e. The molecule has 0 atom stereocenters. The Kier molecular flexibility index (Phi) is 9.16. The van der Waals surface area contributed by atoms with Crippen molar-refractivity contribution in [2.75, 3.05) is 12.5 Å². The molecule has 196 valence electrons. The van der Waals surface area contributed by atoms with E-state index in [4.69, 9.17) is 22.1 Å². The Hall–Kier alpha value is -4.28. The monoisotopic (exact) mass is 541 g/mol. The zero-order valence-corrected chi connectivity index (χ0v) is 20.9. The number of alkyl halides is 3. The highest BCUT2D eigenvalue weighted by Gasteiger charge is 2.32. The van der Waals surface area contributed by atoms with E-state index in [1.54, 1.807) is 54.7 Å². The van der Waals surface area contributed by atoms with Gasteiger partial charge in [-0.15, -0.1) is 0 Å². The minimum atomic E-state index is -4.49. The first kappa shape index (κ1) is 28.3. The van der Waals surface area contributed by atoms with Crippen LogP contribution in [0.1, 0.15) is 21.6 Å². The molecule has 0 saturated carbocycles. The van der Waals surface area contributed by atoms with E-state index in [0.717, 1.165) is 28.3 Å². The summed E-state index contributed by atoms with van der Waals surface area (Å²) in [5.74, 6) is -0.0226. The molecule has 2 aromatic heterocycles.